The molecule has 0 saturated carbocycles. The molecule has 0 bridgehead atoms. The summed E-state index contributed by atoms with van der Waals surface area (Å²) < 4.78 is 55.0. The summed E-state index contributed by atoms with van der Waals surface area (Å²) in [4.78, 5) is 41.0. The largest absolute Gasteiger partial charge is 0.464 e. The van der Waals surface area contributed by atoms with E-state index >= 15 is 4.39 Å². The lowest BCUT2D eigenvalue weighted by Crippen LogP contribution is -2.66. The first-order valence-electron chi connectivity index (χ1n) is 14.0. The Labute approximate surface area is 248 Å². The summed E-state index contributed by atoms with van der Waals surface area (Å²) in [7, 11) is 0. The van der Waals surface area contributed by atoms with Crippen molar-refractivity contribution in [3.05, 3.63) is 111 Å². The third-order valence-electron chi connectivity index (χ3n) is 8.44. The lowest BCUT2D eigenvalue weighted by molar-refractivity contribution is -0.148. The Balaban J connectivity index is 1.40. The molecule has 2 aromatic carbocycles. The number of carbonyl (C=O) groups excluding carboxylic acids is 2. The summed E-state index contributed by atoms with van der Waals surface area (Å²) in [5.74, 6) is -3.10. The molecule has 1 amide bonds. The monoisotopic (exact) mass is 599 g/mol. The van der Waals surface area contributed by atoms with E-state index in [1.807, 2.05) is 29.3 Å². The standard InChI is InChI=1S/C32H23F2N3O7/c1-16-14-24(44-32(16)40)43-30-22(38)8-10-36-28(30)31(39)35-11-13-41-15-23(35)37(36)27-17-4-2-3-5-18(17)29-20(9-12-42-29)25-19(27)6-7-21(33)26(25)34/h2-10,12,14,23-24,27H,11,13,15H2,1H3. The van der Waals surface area contributed by atoms with Crippen LogP contribution in [0.4, 0.5) is 8.78 Å². The molecule has 0 radical (unpaired) electrons. The van der Waals surface area contributed by atoms with Gasteiger partial charge >= 0.3 is 5.97 Å². The SMILES string of the molecule is CC1=CC(Oc2c3n(ccc2=O)N(C2c4ccccc4-c4occc4-c4c2ccc(F)c4F)C2COCCN2C3=O)OC1=O. The first-order chi connectivity index (χ1) is 21.3. The summed E-state index contributed by atoms with van der Waals surface area (Å²) in [6.45, 7) is 2.09. The first-order valence-corrected chi connectivity index (χ1v) is 14.0. The van der Waals surface area contributed by atoms with Gasteiger partial charge in [-0.1, -0.05) is 30.3 Å². The molecule has 3 aliphatic heterocycles. The van der Waals surface area contributed by atoms with Crippen LogP contribution in [0, 0.1) is 11.6 Å². The van der Waals surface area contributed by atoms with Crippen molar-refractivity contribution in [3.63, 3.8) is 0 Å². The van der Waals surface area contributed by atoms with Gasteiger partial charge in [-0.25, -0.2) is 13.6 Å². The molecule has 1 saturated heterocycles. The van der Waals surface area contributed by atoms with Gasteiger partial charge in [-0.2, -0.15) is 0 Å². The van der Waals surface area contributed by atoms with Crippen LogP contribution in [-0.4, -0.2) is 53.7 Å². The number of fused-ring (bicyclic) bond motifs is 7. The molecular weight excluding hydrogens is 576 g/mol. The second kappa shape index (κ2) is 9.64. The van der Waals surface area contributed by atoms with Gasteiger partial charge in [0.15, 0.2) is 17.3 Å². The van der Waals surface area contributed by atoms with E-state index in [0.717, 1.165) is 6.07 Å². The predicted octanol–water partition coefficient (Wildman–Crippen LogP) is 4.11. The minimum absolute atomic E-state index is 0.0210. The molecule has 2 aromatic heterocycles. The molecule has 4 aromatic rings. The highest BCUT2D eigenvalue weighted by atomic mass is 19.2. The number of halogens is 2. The summed E-state index contributed by atoms with van der Waals surface area (Å²) >= 11 is 0. The molecule has 0 N–H and O–H groups in total. The van der Waals surface area contributed by atoms with E-state index in [0.29, 0.717) is 33.6 Å². The topological polar surface area (TPSA) is 103 Å². The average Bonchev–Trinajstić information content (AvgIpc) is 3.60. The van der Waals surface area contributed by atoms with Crippen LogP contribution in [-0.2, 0) is 14.3 Å². The lowest BCUT2D eigenvalue weighted by atomic mass is 9.92. The summed E-state index contributed by atoms with van der Waals surface area (Å²) in [6.07, 6.45) is 2.37. The highest BCUT2D eigenvalue weighted by Crippen LogP contribution is 2.49. The van der Waals surface area contributed by atoms with Gasteiger partial charge in [0.25, 0.3) is 12.2 Å². The zero-order valence-electron chi connectivity index (χ0n) is 23.2. The minimum atomic E-state index is -1.21. The van der Waals surface area contributed by atoms with E-state index in [4.69, 9.17) is 18.6 Å². The number of furan rings is 1. The Morgan fingerprint density at radius 2 is 1.82 bits per heavy atom. The van der Waals surface area contributed by atoms with Crippen molar-refractivity contribution >= 4 is 11.9 Å². The molecular formula is C32H23F2N3O7. The number of pyridine rings is 1. The van der Waals surface area contributed by atoms with Crippen LogP contribution in [0.5, 0.6) is 5.75 Å². The van der Waals surface area contributed by atoms with Crippen LogP contribution in [0.1, 0.15) is 34.6 Å². The number of amides is 1. The zero-order valence-corrected chi connectivity index (χ0v) is 23.2. The highest BCUT2D eigenvalue weighted by Gasteiger charge is 2.47. The number of morpholine rings is 1. The number of ether oxygens (including phenoxy) is 3. The van der Waals surface area contributed by atoms with Gasteiger partial charge in [0.1, 0.15) is 11.9 Å². The summed E-state index contributed by atoms with van der Waals surface area (Å²) in [5, 5.41) is 1.81. The van der Waals surface area contributed by atoms with Crippen molar-refractivity contribution in [2.45, 2.75) is 25.4 Å². The van der Waals surface area contributed by atoms with Gasteiger partial charge in [0.2, 0.25) is 11.2 Å². The van der Waals surface area contributed by atoms with Crippen molar-refractivity contribution in [2.24, 2.45) is 0 Å². The number of esters is 1. The molecule has 10 nitrogen and oxygen atoms in total. The van der Waals surface area contributed by atoms with Gasteiger partial charge in [0, 0.05) is 47.1 Å². The van der Waals surface area contributed by atoms with E-state index in [-0.39, 0.29) is 36.8 Å². The fraction of sp³-hybridized carbons (Fsp3) is 0.219. The number of cyclic esters (lactones) is 1. The number of rotatable bonds is 3. The molecule has 0 spiro atoms. The number of carbonyl (C=O) groups is 2. The van der Waals surface area contributed by atoms with Crippen molar-refractivity contribution in [3.8, 4) is 28.2 Å². The van der Waals surface area contributed by atoms with E-state index in [2.05, 4.69) is 0 Å². The zero-order chi connectivity index (χ0) is 30.3. The summed E-state index contributed by atoms with van der Waals surface area (Å²) in [5.41, 5.74) is 1.74. The Morgan fingerprint density at radius 3 is 2.64 bits per heavy atom. The average molecular weight is 600 g/mol. The second-order valence-electron chi connectivity index (χ2n) is 10.9. The molecule has 12 heteroatoms. The smallest absolute Gasteiger partial charge is 0.336 e. The number of nitrogens with zero attached hydrogens (tertiary/aromatic N) is 3. The van der Waals surface area contributed by atoms with E-state index < -0.39 is 47.4 Å². The van der Waals surface area contributed by atoms with Gasteiger partial charge in [-0.05, 0) is 30.2 Å². The van der Waals surface area contributed by atoms with Crippen molar-refractivity contribution in [1.29, 1.82) is 0 Å². The molecule has 3 unspecified atom stereocenters. The molecule has 1 fully saturated rings. The maximum atomic E-state index is 15.8. The number of benzene rings is 2. The van der Waals surface area contributed by atoms with Gasteiger partial charge in [-0.3, -0.25) is 19.3 Å². The Kier molecular flexibility index (Phi) is 5.79. The van der Waals surface area contributed by atoms with E-state index in [1.54, 1.807) is 17.9 Å². The predicted molar refractivity (Wildman–Crippen MR) is 150 cm³/mol. The van der Waals surface area contributed by atoms with Crippen molar-refractivity contribution < 1.29 is 37.0 Å². The normalized spacial score (nSPS) is 21.8. The highest BCUT2D eigenvalue weighted by molar-refractivity contribution is 5.97. The molecule has 3 atom stereocenters. The van der Waals surface area contributed by atoms with Crippen LogP contribution in [0.15, 0.2) is 81.9 Å². The molecule has 44 heavy (non-hydrogen) atoms. The fourth-order valence-corrected chi connectivity index (χ4v) is 6.49. The van der Waals surface area contributed by atoms with Crippen LogP contribution in [0.2, 0.25) is 0 Å². The molecule has 5 heterocycles. The van der Waals surface area contributed by atoms with Crippen molar-refractivity contribution in [1.82, 2.24) is 9.58 Å². The Bertz CT molecular complexity index is 1980. The van der Waals surface area contributed by atoms with Gasteiger partial charge < -0.3 is 23.5 Å². The molecule has 222 valence electrons. The summed E-state index contributed by atoms with van der Waals surface area (Å²) in [6, 6.07) is 11.9. The van der Waals surface area contributed by atoms with Crippen LogP contribution < -0.4 is 15.2 Å². The second-order valence-corrected chi connectivity index (χ2v) is 10.9. The van der Waals surface area contributed by atoms with Crippen LogP contribution >= 0.6 is 0 Å². The van der Waals surface area contributed by atoms with Crippen molar-refractivity contribution in [2.75, 3.05) is 24.8 Å². The maximum Gasteiger partial charge on any atom is 0.336 e. The number of hydrogen-bond donors (Lipinski definition) is 0. The molecule has 1 aliphatic carbocycles. The number of hydrogen-bond acceptors (Lipinski definition) is 8. The molecule has 8 rings (SSSR count). The molecule has 4 aliphatic rings. The van der Waals surface area contributed by atoms with Crippen LogP contribution in [0.3, 0.4) is 0 Å². The first kappa shape index (κ1) is 26.4. The van der Waals surface area contributed by atoms with E-state index in [1.165, 1.54) is 35.3 Å². The fourth-order valence-electron chi connectivity index (χ4n) is 6.49. The van der Waals surface area contributed by atoms with Gasteiger partial charge in [-0.15, -0.1) is 0 Å². The van der Waals surface area contributed by atoms with E-state index in [9.17, 15) is 18.8 Å². The Hall–Kier alpha value is -5.23. The van der Waals surface area contributed by atoms with Crippen LogP contribution in [0.25, 0.3) is 22.5 Å². The van der Waals surface area contributed by atoms with Gasteiger partial charge in [0.05, 0.1) is 25.5 Å². The number of aromatic nitrogens is 1. The third-order valence-corrected chi connectivity index (χ3v) is 8.44. The quantitative estimate of drug-likeness (QED) is 0.324. The minimum Gasteiger partial charge on any atom is -0.464 e. The Morgan fingerprint density at radius 1 is 0.977 bits per heavy atom. The maximum absolute atomic E-state index is 15.8. The lowest BCUT2D eigenvalue weighted by Gasteiger charge is -2.51. The third kappa shape index (κ3) is 3.70.